The minimum atomic E-state index is 1.04. The lowest BCUT2D eigenvalue weighted by molar-refractivity contribution is 0.705. The first-order valence-electron chi connectivity index (χ1n) is 7.31. The lowest BCUT2D eigenvalue weighted by Crippen LogP contribution is -1.94. The van der Waals surface area contributed by atoms with Crippen LogP contribution >= 0.6 is 0 Å². The number of nitrogens with zero attached hydrogens (tertiary/aromatic N) is 1. The topological polar surface area (TPSA) is 12.9 Å². The number of aromatic nitrogens is 1. The van der Waals surface area contributed by atoms with Crippen LogP contribution in [0.5, 0.6) is 0 Å². The van der Waals surface area contributed by atoms with Crippen molar-refractivity contribution in [1.29, 1.82) is 0 Å². The molecule has 0 fully saturated rings. The molecule has 1 rings (SSSR count). The molecule has 0 aromatic carbocycles. The Labute approximate surface area is 109 Å². The molecule has 100 valence electrons. The maximum Gasteiger partial charge on any atom is 0.0406 e. The van der Waals surface area contributed by atoms with E-state index in [1.807, 2.05) is 27.7 Å². The predicted molar refractivity (Wildman–Crippen MR) is 79.5 cm³/mol. The monoisotopic (exact) mass is 237 g/mol. The Morgan fingerprint density at radius 2 is 1.47 bits per heavy atom. The van der Waals surface area contributed by atoms with Crippen molar-refractivity contribution >= 4 is 0 Å². The summed E-state index contributed by atoms with van der Waals surface area (Å²) < 4.78 is 0. The minimum absolute atomic E-state index is 1.04. The summed E-state index contributed by atoms with van der Waals surface area (Å²) in [5.74, 6) is 0. The Morgan fingerprint density at radius 1 is 0.882 bits per heavy atom. The Morgan fingerprint density at radius 3 is 2.00 bits per heavy atom. The Balaban J connectivity index is 0. The molecule has 0 spiro atoms. The maximum atomic E-state index is 4.56. The van der Waals surface area contributed by atoms with Gasteiger partial charge in [-0.05, 0) is 31.4 Å². The fraction of sp³-hybridized carbons (Fsp3) is 0.688. The highest BCUT2D eigenvalue weighted by molar-refractivity contribution is 5.11. The van der Waals surface area contributed by atoms with Gasteiger partial charge in [0.1, 0.15) is 0 Å². The van der Waals surface area contributed by atoms with E-state index in [0.29, 0.717) is 0 Å². The zero-order chi connectivity index (χ0) is 13.5. The molecular weight excluding hydrogens is 206 g/mol. The van der Waals surface area contributed by atoms with Crippen molar-refractivity contribution in [3.63, 3.8) is 0 Å². The third-order valence-corrected chi connectivity index (χ3v) is 2.26. The van der Waals surface area contributed by atoms with Crippen LogP contribution in [-0.4, -0.2) is 4.98 Å². The van der Waals surface area contributed by atoms with Crippen molar-refractivity contribution in [2.24, 2.45) is 0 Å². The van der Waals surface area contributed by atoms with E-state index in [9.17, 15) is 0 Å². The number of unbranched alkanes of at least 4 members (excludes halogenated alkanes) is 2. The molecule has 0 unspecified atom stereocenters. The van der Waals surface area contributed by atoms with Gasteiger partial charge in [0, 0.05) is 11.4 Å². The Hall–Kier alpha value is -0.850. The molecule has 0 aliphatic heterocycles. The Bertz CT molecular complexity index is 243. The van der Waals surface area contributed by atoms with Gasteiger partial charge < -0.3 is 0 Å². The van der Waals surface area contributed by atoms with Gasteiger partial charge in [-0.3, -0.25) is 4.98 Å². The summed E-state index contributed by atoms with van der Waals surface area (Å²) >= 11 is 0. The molecule has 1 heterocycles. The predicted octanol–water partition coefficient (Wildman–Crippen LogP) is 5.43. The van der Waals surface area contributed by atoms with Gasteiger partial charge >= 0.3 is 0 Å². The molecule has 0 saturated heterocycles. The third kappa shape index (κ3) is 10.0. The van der Waals surface area contributed by atoms with Gasteiger partial charge in [0.2, 0.25) is 0 Å². The quantitative estimate of drug-likeness (QED) is 0.622. The average molecular weight is 237 g/mol. The number of pyridine rings is 1. The van der Waals surface area contributed by atoms with E-state index < -0.39 is 0 Å². The van der Waals surface area contributed by atoms with Crippen molar-refractivity contribution in [3.8, 4) is 0 Å². The summed E-state index contributed by atoms with van der Waals surface area (Å²) in [6, 6.07) is 6.35. The van der Waals surface area contributed by atoms with Crippen LogP contribution in [0.4, 0.5) is 0 Å². The fourth-order valence-corrected chi connectivity index (χ4v) is 1.42. The molecule has 0 bridgehead atoms. The molecule has 0 saturated carbocycles. The molecule has 0 N–H and O–H groups in total. The molecule has 0 amide bonds. The normalized spacial score (nSPS) is 8.59. The van der Waals surface area contributed by atoms with Crippen LogP contribution in [0.15, 0.2) is 18.2 Å². The van der Waals surface area contributed by atoms with E-state index in [-0.39, 0.29) is 0 Å². The van der Waals surface area contributed by atoms with Gasteiger partial charge in [-0.1, -0.05) is 60.5 Å². The molecule has 0 radical (unpaired) electrons. The second kappa shape index (κ2) is 15.1. The zero-order valence-corrected chi connectivity index (χ0v) is 12.7. The number of hydrogen-bond acceptors (Lipinski definition) is 1. The summed E-state index contributed by atoms with van der Waals surface area (Å²) in [6.07, 6.45) is 6.06. The van der Waals surface area contributed by atoms with Crippen molar-refractivity contribution in [3.05, 3.63) is 29.6 Å². The van der Waals surface area contributed by atoms with Crippen LogP contribution in [0.1, 0.15) is 72.2 Å². The summed E-state index contributed by atoms with van der Waals surface area (Å²) in [5, 5.41) is 0. The first-order valence-corrected chi connectivity index (χ1v) is 7.31. The molecular formula is C16H31N. The smallest absolute Gasteiger partial charge is 0.0406 e. The first kappa shape index (κ1) is 18.5. The van der Waals surface area contributed by atoms with E-state index >= 15 is 0 Å². The maximum absolute atomic E-state index is 4.56. The van der Waals surface area contributed by atoms with Gasteiger partial charge in [-0.15, -0.1) is 0 Å². The summed E-state index contributed by atoms with van der Waals surface area (Å²) in [6.45, 7) is 12.4. The standard InChI is InChI=1S/C12H19N.2C2H6/c1-3-5-6-8-12-10-7-9-11(4-2)13-12;2*1-2/h7,9-10H,3-6,8H2,1-2H3;2*1-2H3. The highest BCUT2D eigenvalue weighted by Gasteiger charge is 1.95. The highest BCUT2D eigenvalue weighted by atomic mass is 14.7. The molecule has 17 heavy (non-hydrogen) atoms. The SMILES string of the molecule is CC.CC.CCCCCc1cccc(CC)n1. The van der Waals surface area contributed by atoms with Crippen molar-refractivity contribution in [2.75, 3.05) is 0 Å². The Kier molecular flexibility index (Phi) is 16.5. The van der Waals surface area contributed by atoms with Crippen LogP contribution in [0.3, 0.4) is 0 Å². The van der Waals surface area contributed by atoms with E-state index in [4.69, 9.17) is 0 Å². The van der Waals surface area contributed by atoms with Crippen LogP contribution in [0, 0.1) is 0 Å². The zero-order valence-electron chi connectivity index (χ0n) is 12.7. The number of hydrogen-bond donors (Lipinski definition) is 0. The highest BCUT2D eigenvalue weighted by Crippen LogP contribution is 2.05. The first-order chi connectivity index (χ1) is 8.36. The van der Waals surface area contributed by atoms with Crippen molar-refractivity contribution < 1.29 is 0 Å². The van der Waals surface area contributed by atoms with Gasteiger partial charge in [0.05, 0.1) is 0 Å². The largest absolute Gasteiger partial charge is 0.258 e. The van der Waals surface area contributed by atoms with Crippen LogP contribution < -0.4 is 0 Å². The van der Waals surface area contributed by atoms with Crippen molar-refractivity contribution in [2.45, 2.75) is 73.6 Å². The average Bonchev–Trinajstić information content (AvgIpc) is 2.44. The lowest BCUT2D eigenvalue weighted by Gasteiger charge is -2.01. The molecule has 1 heteroatoms. The van der Waals surface area contributed by atoms with Crippen LogP contribution in [0.25, 0.3) is 0 Å². The van der Waals surface area contributed by atoms with Gasteiger partial charge in [0.15, 0.2) is 0 Å². The van der Waals surface area contributed by atoms with E-state index in [1.54, 1.807) is 0 Å². The molecule has 0 aliphatic rings. The van der Waals surface area contributed by atoms with E-state index in [0.717, 1.165) is 12.8 Å². The van der Waals surface area contributed by atoms with Gasteiger partial charge in [-0.25, -0.2) is 0 Å². The minimum Gasteiger partial charge on any atom is -0.258 e. The molecule has 1 aromatic rings. The van der Waals surface area contributed by atoms with Gasteiger partial charge in [-0.2, -0.15) is 0 Å². The fourth-order valence-electron chi connectivity index (χ4n) is 1.42. The summed E-state index contributed by atoms with van der Waals surface area (Å²) in [7, 11) is 0. The van der Waals surface area contributed by atoms with Gasteiger partial charge in [0.25, 0.3) is 0 Å². The summed E-state index contributed by atoms with van der Waals surface area (Å²) in [5.41, 5.74) is 2.47. The summed E-state index contributed by atoms with van der Waals surface area (Å²) in [4.78, 5) is 4.56. The molecule has 0 atom stereocenters. The van der Waals surface area contributed by atoms with Crippen LogP contribution in [-0.2, 0) is 12.8 Å². The van der Waals surface area contributed by atoms with E-state index in [1.165, 1.54) is 30.7 Å². The number of aryl methyl sites for hydroxylation is 2. The second-order valence-corrected chi connectivity index (χ2v) is 3.43. The van der Waals surface area contributed by atoms with Crippen molar-refractivity contribution in [1.82, 2.24) is 4.98 Å². The molecule has 0 aliphatic carbocycles. The lowest BCUT2D eigenvalue weighted by atomic mass is 10.1. The van der Waals surface area contributed by atoms with E-state index in [2.05, 4.69) is 37.0 Å². The second-order valence-electron chi connectivity index (χ2n) is 3.43. The van der Waals surface area contributed by atoms with Crippen LogP contribution in [0.2, 0.25) is 0 Å². The molecule has 1 nitrogen and oxygen atoms in total. The third-order valence-electron chi connectivity index (χ3n) is 2.26. The molecule has 1 aromatic heterocycles. The number of rotatable bonds is 5.